The lowest BCUT2D eigenvalue weighted by atomic mass is 9.75. The number of Topliss-reactive ketones (excluding diaryl/α,β-unsaturated/α-hetero) is 1. The van der Waals surface area contributed by atoms with Crippen LogP contribution >= 0.6 is 0 Å². The van der Waals surface area contributed by atoms with E-state index in [0.29, 0.717) is 18.9 Å². The molecule has 1 fully saturated rings. The highest BCUT2D eigenvalue weighted by Gasteiger charge is 2.28. The zero-order chi connectivity index (χ0) is 12.5. The molecule has 1 aliphatic rings. The second-order valence-corrected chi connectivity index (χ2v) is 5.23. The van der Waals surface area contributed by atoms with Crippen molar-refractivity contribution in [3.05, 3.63) is 0 Å². The first-order valence-electron chi connectivity index (χ1n) is 7.13. The Morgan fingerprint density at radius 2 is 1.94 bits per heavy atom. The Bertz CT molecular complexity index is 212. The third-order valence-electron chi connectivity index (χ3n) is 3.96. The minimum Gasteiger partial charge on any atom is -0.396 e. The average Bonchev–Trinajstić information content (AvgIpc) is 2.36. The predicted octanol–water partition coefficient (Wildman–Crippen LogP) is 2.26. The first kappa shape index (κ1) is 14.7. The smallest absolute Gasteiger partial charge is 0.138 e. The molecule has 3 N–H and O–H groups in total. The van der Waals surface area contributed by atoms with Crippen molar-refractivity contribution < 1.29 is 9.90 Å². The van der Waals surface area contributed by atoms with E-state index < -0.39 is 0 Å². The lowest BCUT2D eigenvalue weighted by molar-refractivity contribution is -0.125. The molecule has 0 amide bonds. The number of aliphatic hydroxyl groups excluding tert-OH is 1. The van der Waals surface area contributed by atoms with Gasteiger partial charge in [0.2, 0.25) is 0 Å². The molecule has 0 aromatic rings. The zero-order valence-electron chi connectivity index (χ0n) is 10.9. The van der Waals surface area contributed by atoms with Gasteiger partial charge >= 0.3 is 0 Å². The number of hydrogen-bond donors (Lipinski definition) is 2. The van der Waals surface area contributed by atoms with Crippen LogP contribution in [-0.2, 0) is 4.79 Å². The molecule has 0 bridgehead atoms. The van der Waals surface area contributed by atoms with Gasteiger partial charge in [-0.2, -0.15) is 0 Å². The highest BCUT2D eigenvalue weighted by atomic mass is 16.3. The van der Waals surface area contributed by atoms with Crippen molar-refractivity contribution in [2.75, 3.05) is 13.2 Å². The molecular weight excluding hydrogens is 214 g/mol. The maximum atomic E-state index is 12.0. The van der Waals surface area contributed by atoms with Gasteiger partial charge in [-0.1, -0.05) is 25.7 Å². The second kappa shape index (κ2) is 8.65. The molecule has 1 aliphatic carbocycles. The van der Waals surface area contributed by atoms with E-state index in [-0.39, 0.29) is 18.3 Å². The Morgan fingerprint density at radius 1 is 1.24 bits per heavy atom. The van der Waals surface area contributed by atoms with Crippen LogP contribution in [0.5, 0.6) is 0 Å². The van der Waals surface area contributed by atoms with Gasteiger partial charge in [0.1, 0.15) is 5.78 Å². The summed E-state index contributed by atoms with van der Waals surface area (Å²) >= 11 is 0. The molecule has 0 spiro atoms. The van der Waals surface area contributed by atoms with Crippen LogP contribution < -0.4 is 5.73 Å². The molecule has 100 valence electrons. The number of ketones is 1. The number of hydrogen-bond acceptors (Lipinski definition) is 3. The summed E-state index contributed by atoms with van der Waals surface area (Å²) in [5.41, 5.74) is 5.50. The molecular formula is C14H27NO2. The zero-order valence-corrected chi connectivity index (χ0v) is 10.9. The molecule has 3 nitrogen and oxygen atoms in total. The van der Waals surface area contributed by atoms with E-state index in [2.05, 4.69) is 0 Å². The molecule has 1 saturated carbocycles. The fourth-order valence-corrected chi connectivity index (χ4v) is 3.00. The van der Waals surface area contributed by atoms with E-state index in [1.807, 2.05) is 0 Å². The molecule has 1 unspecified atom stereocenters. The summed E-state index contributed by atoms with van der Waals surface area (Å²) in [5.74, 6) is 1.03. The Hall–Kier alpha value is -0.410. The van der Waals surface area contributed by atoms with Crippen LogP contribution in [0, 0.1) is 11.8 Å². The van der Waals surface area contributed by atoms with Crippen LogP contribution in [0.3, 0.4) is 0 Å². The predicted molar refractivity (Wildman–Crippen MR) is 69.7 cm³/mol. The Labute approximate surface area is 105 Å². The van der Waals surface area contributed by atoms with E-state index in [1.54, 1.807) is 0 Å². The number of aliphatic hydroxyl groups is 1. The van der Waals surface area contributed by atoms with E-state index in [9.17, 15) is 4.79 Å². The maximum absolute atomic E-state index is 12.0. The average molecular weight is 241 g/mol. The fourth-order valence-electron chi connectivity index (χ4n) is 3.00. The summed E-state index contributed by atoms with van der Waals surface area (Å²) < 4.78 is 0. The van der Waals surface area contributed by atoms with E-state index in [0.717, 1.165) is 19.3 Å². The van der Waals surface area contributed by atoms with Crippen molar-refractivity contribution in [2.24, 2.45) is 17.6 Å². The van der Waals surface area contributed by atoms with Crippen LogP contribution in [0.25, 0.3) is 0 Å². The highest BCUT2D eigenvalue weighted by Crippen LogP contribution is 2.33. The standard InChI is InChI=1S/C14H27NO2/c15-10-5-4-8-13(14(17)9-11-16)12-6-2-1-3-7-12/h12-13,16H,1-11,15H2. The monoisotopic (exact) mass is 241 g/mol. The number of nitrogens with two attached hydrogens (primary N) is 1. The minimum atomic E-state index is -0.00105. The molecule has 0 aliphatic heterocycles. The number of unbranched alkanes of at least 4 members (excludes halogenated alkanes) is 1. The Morgan fingerprint density at radius 3 is 2.53 bits per heavy atom. The van der Waals surface area contributed by atoms with Gasteiger partial charge in [0.05, 0.1) is 0 Å². The van der Waals surface area contributed by atoms with Gasteiger partial charge in [0.15, 0.2) is 0 Å². The first-order chi connectivity index (χ1) is 8.29. The minimum absolute atomic E-state index is 0.00105. The SMILES string of the molecule is NCCCCC(C(=O)CCO)C1CCCCC1. The maximum Gasteiger partial charge on any atom is 0.138 e. The van der Waals surface area contributed by atoms with Gasteiger partial charge < -0.3 is 10.8 Å². The topological polar surface area (TPSA) is 63.3 Å². The summed E-state index contributed by atoms with van der Waals surface area (Å²) in [6, 6.07) is 0. The van der Waals surface area contributed by atoms with Crippen LogP contribution in [0.15, 0.2) is 0 Å². The second-order valence-electron chi connectivity index (χ2n) is 5.23. The van der Waals surface area contributed by atoms with Gasteiger partial charge in [-0.15, -0.1) is 0 Å². The lowest BCUT2D eigenvalue weighted by Crippen LogP contribution is -2.26. The molecule has 0 saturated heterocycles. The largest absolute Gasteiger partial charge is 0.396 e. The molecule has 1 rings (SSSR count). The van der Waals surface area contributed by atoms with E-state index in [1.165, 1.54) is 32.1 Å². The van der Waals surface area contributed by atoms with Crippen molar-refractivity contribution in [2.45, 2.75) is 57.8 Å². The van der Waals surface area contributed by atoms with Crippen LogP contribution in [0.4, 0.5) is 0 Å². The summed E-state index contributed by atoms with van der Waals surface area (Å²) in [5, 5.41) is 8.91. The molecule has 3 heteroatoms. The summed E-state index contributed by atoms with van der Waals surface area (Å²) in [6.07, 6.45) is 9.62. The van der Waals surface area contributed by atoms with Gasteiger partial charge in [-0.3, -0.25) is 4.79 Å². The number of rotatable bonds is 8. The van der Waals surface area contributed by atoms with Crippen molar-refractivity contribution in [1.29, 1.82) is 0 Å². The van der Waals surface area contributed by atoms with Gasteiger partial charge in [-0.05, 0) is 38.1 Å². The van der Waals surface area contributed by atoms with Crippen molar-refractivity contribution in [3.63, 3.8) is 0 Å². The summed E-state index contributed by atoms with van der Waals surface area (Å²) in [4.78, 5) is 12.0. The van der Waals surface area contributed by atoms with E-state index >= 15 is 0 Å². The quantitative estimate of drug-likeness (QED) is 0.641. The molecule has 0 aromatic carbocycles. The lowest BCUT2D eigenvalue weighted by Gasteiger charge is -2.29. The normalized spacial score (nSPS) is 19.2. The molecule has 0 heterocycles. The van der Waals surface area contributed by atoms with Gasteiger partial charge in [0.25, 0.3) is 0 Å². The first-order valence-corrected chi connectivity index (χ1v) is 7.13. The van der Waals surface area contributed by atoms with Crippen molar-refractivity contribution >= 4 is 5.78 Å². The van der Waals surface area contributed by atoms with Crippen molar-refractivity contribution in [1.82, 2.24) is 0 Å². The van der Waals surface area contributed by atoms with Gasteiger partial charge in [0, 0.05) is 18.9 Å². The summed E-state index contributed by atoms with van der Waals surface area (Å²) in [7, 11) is 0. The van der Waals surface area contributed by atoms with Crippen LogP contribution in [0.1, 0.15) is 57.8 Å². The Kier molecular flexibility index (Phi) is 7.45. The van der Waals surface area contributed by atoms with Crippen LogP contribution in [0.2, 0.25) is 0 Å². The van der Waals surface area contributed by atoms with Gasteiger partial charge in [-0.25, -0.2) is 0 Å². The fraction of sp³-hybridized carbons (Fsp3) is 0.929. The molecule has 0 aromatic heterocycles. The third-order valence-corrected chi connectivity index (χ3v) is 3.96. The summed E-state index contributed by atoms with van der Waals surface area (Å²) in [6.45, 7) is 0.713. The Balaban J connectivity index is 2.47. The number of carbonyl (C=O) groups excluding carboxylic acids is 1. The third kappa shape index (κ3) is 5.17. The van der Waals surface area contributed by atoms with Crippen LogP contribution in [-0.4, -0.2) is 24.0 Å². The highest BCUT2D eigenvalue weighted by molar-refractivity contribution is 5.81. The van der Waals surface area contributed by atoms with Crippen molar-refractivity contribution in [3.8, 4) is 0 Å². The molecule has 1 atom stereocenters. The van der Waals surface area contributed by atoms with E-state index in [4.69, 9.17) is 10.8 Å². The molecule has 17 heavy (non-hydrogen) atoms. The number of carbonyl (C=O) groups is 1. The molecule has 0 radical (unpaired) electrons.